The van der Waals surface area contributed by atoms with Gasteiger partial charge in [0.1, 0.15) is 18.8 Å². The summed E-state index contributed by atoms with van der Waals surface area (Å²) < 4.78 is 34.9. The molecule has 11 heteroatoms. The third-order valence-corrected chi connectivity index (χ3v) is 6.25. The number of halogens is 1. The van der Waals surface area contributed by atoms with E-state index in [-0.39, 0.29) is 19.3 Å². The van der Waals surface area contributed by atoms with Crippen LogP contribution in [0.5, 0.6) is 0 Å². The number of hydrogen-bond donors (Lipinski definition) is 1. The summed E-state index contributed by atoms with van der Waals surface area (Å²) in [6, 6.07) is 0. The average molecular weight is 466 g/mol. The van der Waals surface area contributed by atoms with Crippen LogP contribution in [-0.2, 0) is 33.2 Å². The van der Waals surface area contributed by atoms with Crippen molar-refractivity contribution in [1.82, 2.24) is 4.42 Å². The molecule has 0 saturated carbocycles. The van der Waals surface area contributed by atoms with Crippen molar-refractivity contribution in [3.8, 4) is 0 Å². The van der Waals surface area contributed by atoms with Gasteiger partial charge in [0.15, 0.2) is 17.5 Å². The van der Waals surface area contributed by atoms with Crippen molar-refractivity contribution in [2.75, 3.05) is 20.3 Å². The molecule has 1 spiro atoms. The first-order valence-electron chi connectivity index (χ1n) is 10.4. The van der Waals surface area contributed by atoms with E-state index in [0.29, 0.717) is 10.3 Å². The maximum atomic E-state index is 12.2. The number of hydrogen-bond acceptors (Lipinski definition) is 9. The van der Waals surface area contributed by atoms with Crippen molar-refractivity contribution in [2.45, 2.75) is 89.1 Å². The van der Waals surface area contributed by atoms with E-state index in [2.05, 4.69) is 13.8 Å². The number of nitrogens with zero attached hydrogens (tertiary/aromatic N) is 1. The molecule has 0 bridgehead atoms. The quantitative estimate of drug-likeness (QED) is 0.464. The van der Waals surface area contributed by atoms with Crippen LogP contribution in [-0.4, -0.2) is 83.4 Å². The van der Waals surface area contributed by atoms with Gasteiger partial charge in [-0.1, -0.05) is 13.8 Å². The Morgan fingerprint density at radius 2 is 1.97 bits per heavy atom. The lowest BCUT2D eigenvalue weighted by atomic mass is 9.77. The first kappa shape index (κ1) is 24.6. The van der Waals surface area contributed by atoms with Crippen molar-refractivity contribution in [1.29, 1.82) is 0 Å². The van der Waals surface area contributed by atoms with Crippen LogP contribution >= 0.6 is 11.8 Å². The van der Waals surface area contributed by atoms with Gasteiger partial charge in [-0.15, -0.1) is 0 Å². The third kappa shape index (κ3) is 4.57. The fourth-order valence-corrected chi connectivity index (χ4v) is 4.31. The second-order valence-corrected chi connectivity index (χ2v) is 9.46. The molecule has 0 aromatic rings. The summed E-state index contributed by atoms with van der Waals surface area (Å²) in [6.07, 6.45) is -2.55. The highest BCUT2D eigenvalue weighted by Crippen LogP contribution is 2.53. The number of epoxide rings is 1. The molecule has 3 aliphatic heterocycles. The minimum absolute atomic E-state index is 0.0666. The van der Waals surface area contributed by atoms with E-state index in [9.17, 15) is 14.7 Å². The highest BCUT2D eigenvalue weighted by atomic mass is 35.5. The molecule has 31 heavy (non-hydrogen) atoms. The summed E-state index contributed by atoms with van der Waals surface area (Å²) in [5.41, 5.74) is -1.85. The first-order chi connectivity index (χ1) is 14.4. The van der Waals surface area contributed by atoms with Crippen LogP contribution in [0.4, 0.5) is 4.79 Å². The fourth-order valence-electron chi connectivity index (χ4n) is 4.27. The van der Waals surface area contributed by atoms with E-state index >= 15 is 0 Å². The summed E-state index contributed by atoms with van der Waals surface area (Å²) in [6.45, 7) is 8.51. The number of amides is 2. The molecule has 3 saturated heterocycles. The number of carbonyl (C=O) groups is 2. The van der Waals surface area contributed by atoms with Crippen LogP contribution in [0.15, 0.2) is 0 Å². The molecule has 6 atom stereocenters. The standard InChI is InChI=1S/C20H32ClNO9/c1-11(2)7-8-13-16(29-13)20(25)15(26-6)14(30-17(24)22(21)12(3)23)9-27-19(20)10-28-18(4,5)31-19/h11,13-16,25H,7-10H2,1-6H3/t13-,14+,15+,16-,19-,20-/m0/s1. The second kappa shape index (κ2) is 8.74. The van der Waals surface area contributed by atoms with Gasteiger partial charge in [-0.3, -0.25) is 4.79 Å². The van der Waals surface area contributed by atoms with E-state index in [1.165, 1.54) is 7.11 Å². The van der Waals surface area contributed by atoms with Gasteiger partial charge in [-0.05, 0) is 32.6 Å². The number of aliphatic hydroxyl groups is 1. The van der Waals surface area contributed by atoms with Crippen LogP contribution in [0.1, 0.15) is 47.5 Å². The van der Waals surface area contributed by atoms with E-state index in [1.807, 2.05) is 0 Å². The van der Waals surface area contributed by atoms with E-state index < -0.39 is 47.5 Å². The van der Waals surface area contributed by atoms with Crippen molar-refractivity contribution in [3.05, 3.63) is 0 Å². The van der Waals surface area contributed by atoms with Crippen LogP contribution in [0, 0.1) is 5.92 Å². The van der Waals surface area contributed by atoms with Crippen LogP contribution in [0.25, 0.3) is 0 Å². The zero-order chi connectivity index (χ0) is 23.2. The predicted octanol–water partition coefficient (Wildman–Crippen LogP) is 1.95. The molecule has 3 heterocycles. The largest absolute Gasteiger partial charge is 0.440 e. The van der Waals surface area contributed by atoms with Gasteiger partial charge in [-0.2, -0.15) is 4.42 Å². The van der Waals surface area contributed by atoms with Crippen molar-refractivity contribution < 1.29 is 43.1 Å². The summed E-state index contributed by atoms with van der Waals surface area (Å²) >= 11 is 5.67. The Morgan fingerprint density at radius 3 is 2.48 bits per heavy atom. The molecule has 0 aliphatic carbocycles. The second-order valence-electron chi connectivity index (χ2n) is 9.12. The Kier molecular flexibility index (Phi) is 6.94. The van der Waals surface area contributed by atoms with Crippen molar-refractivity contribution in [3.63, 3.8) is 0 Å². The lowest BCUT2D eigenvalue weighted by Gasteiger charge is -2.51. The molecular formula is C20H32ClNO9. The van der Waals surface area contributed by atoms with Gasteiger partial charge in [0.2, 0.25) is 11.7 Å². The zero-order valence-corrected chi connectivity index (χ0v) is 19.5. The minimum Gasteiger partial charge on any atom is -0.440 e. The lowest BCUT2D eigenvalue weighted by molar-refractivity contribution is -0.382. The molecule has 1 N–H and O–H groups in total. The molecule has 10 nitrogen and oxygen atoms in total. The average Bonchev–Trinajstić information content (AvgIpc) is 3.40. The molecule has 0 unspecified atom stereocenters. The monoisotopic (exact) mass is 465 g/mol. The molecule has 3 fully saturated rings. The topological polar surface area (TPSA) is 116 Å². The Balaban J connectivity index is 1.88. The summed E-state index contributed by atoms with van der Waals surface area (Å²) in [4.78, 5) is 23.6. The van der Waals surface area contributed by atoms with E-state index in [4.69, 9.17) is 40.2 Å². The number of methoxy groups -OCH3 is 1. The Hall–Kier alpha value is -1.01. The number of rotatable bonds is 6. The number of carbonyl (C=O) groups excluding carboxylic acids is 2. The predicted molar refractivity (Wildman–Crippen MR) is 107 cm³/mol. The maximum absolute atomic E-state index is 12.2. The van der Waals surface area contributed by atoms with Crippen molar-refractivity contribution in [2.24, 2.45) is 5.92 Å². The van der Waals surface area contributed by atoms with Gasteiger partial charge in [0.25, 0.3) is 0 Å². The van der Waals surface area contributed by atoms with Gasteiger partial charge in [0, 0.05) is 25.8 Å². The molecule has 178 valence electrons. The summed E-state index contributed by atoms with van der Waals surface area (Å²) in [5, 5.41) is 12.0. The number of imide groups is 1. The fraction of sp³-hybridized carbons (Fsp3) is 0.900. The van der Waals surface area contributed by atoms with Crippen LogP contribution in [0.2, 0.25) is 0 Å². The Morgan fingerprint density at radius 1 is 1.29 bits per heavy atom. The van der Waals surface area contributed by atoms with Gasteiger partial charge in [0.05, 0.1) is 12.7 Å². The van der Waals surface area contributed by atoms with Gasteiger partial charge >= 0.3 is 6.09 Å². The third-order valence-electron chi connectivity index (χ3n) is 5.87. The zero-order valence-electron chi connectivity index (χ0n) is 18.8. The molecule has 0 radical (unpaired) electrons. The van der Waals surface area contributed by atoms with Gasteiger partial charge < -0.3 is 33.5 Å². The smallest absolute Gasteiger partial charge is 0.432 e. The van der Waals surface area contributed by atoms with Gasteiger partial charge in [-0.25, -0.2) is 4.79 Å². The normalized spacial score (nSPS) is 39.0. The summed E-state index contributed by atoms with van der Waals surface area (Å²) in [5.74, 6) is -2.84. The Labute approximate surface area is 187 Å². The number of ether oxygens (including phenoxy) is 6. The van der Waals surface area contributed by atoms with Crippen LogP contribution in [0.3, 0.4) is 0 Å². The highest BCUT2D eigenvalue weighted by Gasteiger charge is 2.76. The maximum Gasteiger partial charge on any atom is 0.432 e. The molecule has 3 aliphatic rings. The summed E-state index contributed by atoms with van der Waals surface area (Å²) in [7, 11) is 1.38. The SMILES string of the molecule is CO[C@@H]1[C@H](OC(=O)N(Cl)C(C)=O)CO[C@]2(COC(C)(C)O2)[C@@]1(O)[C@H]1O[C@H]1CCC(C)C. The molecule has 2 amide bonds. The molecular weight excluding hydrogens is 434 g/mol. The first-order valence-corrected chi connectivity index (χ1v) is 10.8. The Bertz CT molecular complexity index is 704. The molecule has 0 aromatic heterocycles. The molecule has 3 rings (SSSR count). The minimum atomic E-state index is -1.85. The van der Waals surface area contributed by atoms with E-state index in [1.54, 1.807) is 13.8 Å². The highest BCUT2D eigenvalue weighted by molar-refractivity contribution is 6.28. The van der Waals surface area contributed by atoms with Crippen molar-refractivity contribution >= 4 is 23.8 Å². The van der Waals surface area contributed by atoms with Crippen LogP contribution < -0.4 is 0 Å². The molecule has 0 aromatic carbocycles. The lowest BCUT2D eigenvalue weighted by Crippen LogP contribution is -2.75. The van der Waals surface area contributed by atoms with E-state index in [0.717, 1.165) is 19.8 Å².